The third-order valence-electron chi connectivity index (χ3n) is 7.63. The van der Waals surface area contributed by atoms with Crippen molar-refractivity contribution in [3.8, 4) is 0 Å². The first kappa shape index (κ1) is 27.6. The maximum atomic E-state index is 13.3. The second-order valence-corrected chi connectivity index (χ2v) is 10.5. The monoisotopic (exact) mass is 518 g/mol. The number of cyclic esters (lactones) is 1. The summed E-state index contributed by atoms with van der Waals surface area (Å²) in [5.74, 6) is -1.72. The standard InChI is InChI=1S/C31H38N2O5/c34-22-31(17-9-10-18-31)33-28(35)20-25-15-7-8-16-26(19-23-11-3-1-4-12-23)30(37)38-27(21-32-29(25)36)24-13-5-2-6-14-24/h1-8,11-14,25-27,34H,9-10,15-22H2,(H,32,36)(H,33,35)/t25-,26+,27+/m1/s1. The highest BCUT2D eigenvalue weighted by molar-refractivity contribution is 5.86. The van der Waals surface area contributed by atoms with Crippen LogP contribution in [0.3, 0.4) is 0 Å². The number of benzene rings is 2. The average molecular weight is 519 g/mol. The van der Waals surface area contributed by atoms with Crippen LogP contribution in [-0.2, 0) is 25.5 Å². The summed E-state index contributed by atoms with van der Waals surface area (Å²) < 4.78 is 5.98. The van der Waals surface area contributed by atoms with Crippen molar-refractivity contribution < 1.29 is 24.2 Å². The molecule has 0 saturated heterocycles. The van der Waals surface area contributed by atoms with Crippen molar-refractivity contribution >= 4 is 17.8 Å². The molecule has 2 aliphatic rings. The number of nitrogens with one attached hydrogen (secondary N) is 2. The summed E-state index contributed by atoms with van der Waals surface area (Å²) >= 11 is 0. The Labute approximate surface area is 224 Å². The Kier molecular flexibility index (Phi) is 9.71. The molecule has 0 unspecified atom stereocenters. The minimum atomic E-state index is -0.639. The Morgan fingerprint density at radius 3 is 2.24 bits per heavy atom. The maximum Gasteiger partial charge on any atom is 0.310 e. The number of rotatable bonds is 7. The summed E-state index contributed by atoms with van der Waals surface area (Å²) in [5.41, 5.74) is 1.28. The molecule has 0 radical (unpaired) electrons. The van der Waals surface area contributed by atoms with Gasteiger partial charge < -0.3 is 20.5 Å². The third kappa shape index (κ3) is 7.54. The molecule has 1 aliphatic carbocycles. The number of aliphatic hydroxyl groups excluding tert-OH is 1. The van der Waals surface area contributed by atoms with Crippen molar-refractivity contribution in [2.24, 2.45) is 11.8 Å². The molecule has 7 nitrogen and oxygen atoms in total. The second-order valence-electron chi connectivity index (χ2n) is 10.5. The largest absolute Gasteiger partial charge is 0.455 e. The van der Waals surface area contributed by atoms with Crippen LogP contribution >= 0.6 is 0 Å². The Balaban J connectivity index is 1.52. The lowest BCUT2D eigenvalue weighted by Crippen LogP contribution is -2.50. The number of aliphatic hydroxyl groups is 1. The summed E-state index contributed by atoms with van der Waals surface area (Å²) in [6, 6.07) is 19.2. The van der Waals surface area contributed by atoms with Crippen LogP contribution in [0.25, 0.3) is 0 Å². The summed E-state index contributed by atoms with van der Waals surface area (Å²) in [5, 5.41) is 15.8. The van der Waals surface area contributed by atoms with Crippen molar-refractivity contribution in [3.63, 3.8) is 0 Å². The molecule has 0 bridgehead atoms. The van der Waals surface area contributed by atoms with Gasteiger partial charge in [0.2, 0.25) is 11.8 Å². The van der Waals surface area contributed by atoms with Crippen LogP contribution in [0.1, 0.15) is 62.2 Å². The van der Waals surface area contributed by atoms with E-state index in [0.717, 1.165) is 36.8 Å². The predicted octanol–water partition coefficient (Wildman–Crippen LogP) is 4.02. The van der Waals surface area contributed by atoms with Gasteiger partial charge in [-0.3, -0.25) is 14.4 Å². The number of hydrogen-bond donors (Lipinski definition) is 3. The fraction of sp³-hybridized carbons (Fsp3) is 0.452. The van der Waals surface area contributed by atoms with Gasteiger partial charge in [0.15, 0.2) is 0 Å². The zero-order valence-electron chi connectivity index (χ0n) is 21.8. The molecule has 3 atom stereocenters. The van der Waals surface area contributed by atoms with Gasteiger partial charge in [0.25, 0.3) is 0 Å². The molecule has 0 spiro atoms. The topological polar surface area (TPSA) is 105 Å². The molecular formula is C31H38N2O5. The number of hydrogen-bond acceptors (Lipinski definition) is 5. The lowest BCUT2D eigenvalue weighted by atomic mass is 9.93. The number of allylic oxidation sites excluding steroid dienone is 2. The maximum absolute atomic E-state index is 13.3. The Hall–Kier alpha value is -3.45. The molecular weight excluding hydrogens is 480 g/mol. The van der Waals surface area contributed by atoms with Crippen molar-refractivity contribution in [2.75, 3.05) is 13.2 Å². The van der Waals surface area contributed by atoms with Crippen LogP contribution in [0.4, 0.5) is 0 Å². The van der Waals surface area contributed by atoms with Crippen LogP contribution in [-0.4, -0.2) is 41.6 Å². The van der Waals surface area contributed by atoms with E-state index in [9.17, 15) is 19.5 Å². The summed E-state index contributed by atoms with van der Waals surface area (Å²) in [6.45, 7) is 0.0253. The number of carbonyl (C=O) groups excluding carboxylic acids is 3. The normalized spacial score (nSPS) is 24.0. The molecule has 7 heteroatoms. The molecule has 1 saturated carbocycles. The van der Waals surface area contributed by atoms with Gasteiger partial charge in [0.1, 0.15) is 6.10 Å². The highest BCUT2D eigenvalue weighted by atomic mass is 16.5. The lowest BCUT2D eigenvalue weighted by Gasteiger charge is -2.29. The molecule has 2 aromatic rings. The smallest absolute Gasteiger partial charge is 0.310 e. The van der Waals surface area contributed by atoms with Crippen molar-refractivity contribution in [2.45, 2.75) is 63.0 Å². The van der Waals surface area contributed by atoms with Gasteiger partial charge in [-0.1, -0.05) is 85.7 Å². The van der Waals surface area contributed by atoms with Crippen molar-refractivity contribution in [1.29, 1.82) is 0 Å². The molecule has 38 heavy (non-hydrogen) atoms. The molecule has 1 aliphatic heterocycles. The van der Waals surface area contributed by atoms with Gasteiger partial charge in [0.05, 0.1) is 30.5 Å². The van der Waals surface area contributed by atoms with E-state index in [-0.39, 0.29) is 43.3 Å². The van der Waals surface area contributed by atoms with Crippen LogP contribution in [0.15, 0.2) is 72.8 Å². The van der Waals surface area contributed by atoms with E-state index in [1.165, 1.54) is 0 Å². The molecule has 1 fully saturated rings. The quantitative estimate of drug-likeness (QED) is 0.379. The number of carbonyl (C=O) groups is 3. The van der Waals surface area contributed by atoms with Gasteiger partial charge >= 0.3 is 5.97 Å². The first-order chi connectivity index (χ1) is 18.5. The zero-order chi connectivity index (χ0) is 26.8. The van der Waals surface area contributed by atoms with Crippen molar-refractivity contribution in [3.05, 3.63) is 83.9 Å². The van der Waals surface area contributed by atoms with Gasteiger partial charge in [-0.15, -0.1) is 0 Å². The van der Waals surface area contributed by atoms with Gasteiger partial charge in [0, 0.05) is 6.42 Å². The first-order valence-corrected chi connectivity index (χ1v) is 13.6. The van der Waals surface area contributed by atoms with E-state index in [1.54, 1.807) is 0 Å². The molecule has 4 rings (SSSR count). The minimum Gasteiger partial charge on any atom is -0.455 e. The fourth-order valence-corrected chi connectivity index (χ4v) is 5.38. The Morgan fingerprint density at radius 2 is 1.58 bits per heavy atom. The number of esters is 1. The molecule has 0 aromatic heterocycles. The van der Waals surface area contributed by atoms with Gasteiger partial charge in [-0.2, -0.15) is 0 Å². The van der Waals surface area contributed by atoms with E-state index in [4.69, 9.17) is 4.74 Å². The summed E-state index contributed by atoms with van der Waals surface area (Å²) in [7, 11) is 0. The SMILES string of the molecule is O=C(C[C@H]1CC=CC[C@@H](Cc2ccccc2)C(=O)O[C@H](c2ccccc2)CNC1=O)NC1(CO)CCCC1. The molecule has 1 heterocycles. The van der Waals surface area contributed by atoms with Gasteiger partial charge in [-0.05, 0) is 43.2 Å². The number of ether oxygens (including phenoxy) is 1. The second kappa shape index (κ2) is 13.4. The summed E-state index contributed by atoms with van der Waals surface area (Å²) in [4.78, 5) is 39.4. The summed E-state index contributed by atoms with van der Waals surface area (Å²) in [6.07, 6.45) is 8.03. The third-order valence-corrected chi connectivity index (χ3v) is 7.63. The van der Waals surface area contributed by atoms with E-state index < -0.39 is 17.6 Å². The zero-order valence-corrected chi connectivity index (χ0v) is 21.8. The lowest BCUT2D eigenvalue weighted by molar-refractivity contribution is -0.154. The van der Waals surface area contributed by atoms with Crippen LogP contribution in [0.2, 0.25) is 0 Å². The van der Waals surface area contributed by atoms with Crippen LogP contribution in [0, 0.1) is 11.8 Å². The van der Waals surface area contributed by atoms with Gasteiger partial charge in [-0.25, -0.2) is 0 Å². The van der Waals surface area contributed by atoms with E-state index in [2.05, 4.69) is 10.6 Å². The highest BCUT2D eigenvalue weighted by Crippen LogP contribution is 2.30. The first-order valence-electron chi connectivity index (χ1n) is 13.6. The molecule has 2 amide bonds. The van der Waals surface area contributed by atoms with E-state index in [1.807, 2.05) is 72.8 Å². The predicted molar refractivity (Wildman–Crippen MR) is 145 cm³/mol. The molecule has 3 N–H and O–H groups in total. The fourth-order valence-electron chi connectivity index (χ4n) is 5.38. The van der Waals surface area contributed by atoms with Crippen LogP contribution < -0.4 is 10.6 Å². The van der Waals surface area contributed by atoms with E-state index >= 15 is 0 Å². The molecule has 2 aromatic carbocycles. The Morgan fingerprint density at radius 1 is 0.947 bits per heavy atom. The average Bonchev–Trinajstić information content (AvgIpc) is 3.40. The molecule has 202 valence electrons. The van der Waals surface area contributed by atoms with E-state index in [0.29, 0.717) is 19.3 Å². The Bertz CT molecular complexity index is 1100. The van der Waals surface area contributed by atoms with Crippen LogP contribution in [0.5, 0.6) is 0 Å². The minimum absolute atomic E-state index is 0.0289. The highest BCUT2D eigenvalue weighted by Gasteiger charge is 2.35. The van der Waals surface area contributed by atoms with Crippen molar-refractivity contribution in [1.82, 2.24) is 10.6 Å². The number of amides is 2.